The van der Waals surface area contributed by atoms with Crippen LogP contribution in [0.25, 0.3) is 0 Å². The van der Waals surface area contributed by atoms with E-state index in [1.807, 2.05) is 41.1 Å². The molecule has 2 amide bonds. The Kier molecular flexibility index (Phi) is 4.42. The van der Waals surface area contributed by atoms with Gasteiger partial charge in [0.25, 0.3) is 5.91 Å². The smallest absolute Gasteiger partial charge is 0.253 e. The molecule has 1 aromatic carbocycles. The van der Waals surface area contributed by atoms with Crippen LogP contribution in [0.3, 0.4) is 0 Å². The molecule has 0 bridgehead atoms. The second kappa shape index (κ2) is 6.34. The first-order chi connectivity index (χ1) is 11.1. The minimum atomic E-state index is -0.329. The van der Waals surface area contributed by atoms with Crippen LogP contribution in [0.15, 0.2) is 24.3 Å². The van der Waals surface area contributed by atoms with Crippen LogP contribution in [-0.4, -0.2) is 48.3 Å². The van der Waals surface area contributed by atoms with E-state index in [4.69, 9.17) is 0 Å². The molecule has 4 nitrogen and oxygen atoms in total. The molecule has 0 aromatic heterocycles. The molecule has 0 radical (unpaired) electrons. The first-order valence-corrected chi connectivity index (χ1v) is 8.69. The topological polar surface area (TPSA) is 40.6 Å². The van der Waals surface area contributed by atoms with Gasteiger partial charge in [0, 0.05) is 32.2 Å². The van der Waals surface area contributed by atoms with Gasteiger partial charge in [0.05, 0.1) is 5.41 Å². The molecular formula is C19H26N2O2. The Morgan fingerprint density at radius 1 is 1.17 bits per heavy atom. The molecule has 1 aromatic rings. The minimum absolute atomic E-state index is 0.0611. The number of hydrogen-bond acceptors (Lipinski definition) is 2. The lowest BCUT2D eigenvalue weighted by molar-refractivity contribution is -0.143. The maximum absolute atomic E-state index is 12.7. The fraction of sp³-hybridized carbons (Fsp3) is 0.579. The van der Waals surface area contributed by atoms with Crippen LogP contribution in [0.4, 0.5) is 0 Å². The van der Waals surface area contributed by atoms with Crippen molar-refractivity contribution in [3.05, 3.63) is 35.4 Å². The van der Waals surface area contributed by atoms with Crippen molar-refractivity contribution >= 4 is 11.8 Å². The Bertz CT molecular complexity index is 596. The maximum atomic E-state index is 12.7. The molecule has 1 spiro atoms. The lowest BCUT2D eigenvalue weighted by Crippen LogP contribution is -2.48. The van der Waals surface area contributed by atoms with Gasteiger partial charge in [0.2, 0.25) is 5.91 Å². The third-order valence-electron chi connectivity index (χ3n) is 5.33. The highest BCUT2D eigenvalue weighted by atomic mass is 16.2. The van der Waals surface area contributed by atoms with Gasteiger partial charge in [-0.2, -0.15) is 0 Å². The van der Waals surface area contributed by atoms with Gasteiger partial charge in [-0.3, -0.25) is 9.59 Å². The molecule has 4 heteroatoms. The van der Waals surface area contributed by atoms with Crippen LogP contribution in [0.1, 0.15) is 48.5 Å². The highest BCUT2D eigenvalue weighted by molar-refractivity contribution is 5.95. The molecule has 2 fully saturated rings. The first-order valence-electron chi connectivity index (χ1n) is 8.69. The number of carbonyl (C=O) groups excluding carboxylic acids is 2. The van der Waals surface area contributed by atoms with Gasteiger partial charge >= 0.3 is 0 Å². The van der Waals surface area contributed by atoms with E-state index in [-0.39, 0.29) is 17.2 Å². The molecule has 124 valence electrons. The predicted octanol–water partition coefficient (Wildman–Crippen LogP) is 2.72. The molecule has 2 aliphatic rings. The highest BCUT2D eigenvalue weighted by Crippen LogP contribution is 2.40. The first kappa shape index (κ1) is 16.0. The van der Waals surface area contributed by atoms with Crippen LogP contribution >= 0.6 is 0 Å². The zero-order valence-electron chi connectivity index (χ0n) is 14.2. The van der Waals surface area contributed by atoms with E-state index < -0.39 is 0 Å². The molecule has 23 heavy (non-hydrogen) atoms. The number of nitrogens with zero attached hydrogens (tertiary/aromatic N) is 2. The van der Waals surface area contributed by atoms with E-state index in [1.165, 1.54) is 5.56 Å². The molecule has 0 aliphatic carbocycles. The van der Waals surface area contributed by atoms with Crippen molar-refractivity contribution in [2.45, 2.75) is 39.0 Å². The van der Waals surface area contributed by atoms with E-state index in [0.29, 0.717) is 13.1 Å². The van der Waals surface area contributed by atoms with Gasteiger partial charge in [-0.05, 0) is 43.4 Å². The number of rotatable bonds is 3. The Morgan fingerprint density at radius 3 is 2.61 bits per heavy atom. The van der Waals surface area contributed by atoms with Crippen LogP contribution in [0.5, 0.6) is 0 Å². The summed E-state index contributed by atoms with van der Waals surface area (Å²) in [4.78, 5) is 29.0. The molecule has 0 saturated carbocycles. The monoisotopic (exact) mass is 314 g/mol. The van der Waals surface area contributed by atoms with E-state index >= 15 is 0 Å². The van der Waals surface area contributed by atoms with Gasteiger partial charge in [-0.25, -0.2) is 0 Å². The van der Waals surface area contributed by atoms with E-state index in [1.54, 1.807) is 0 Å². The third kappa shape index (κ3) is 2.99. The molecule has 2 saturated heterocycles. The average Bonchev–Trinajstić information content (AvgIpc) is 2.98. The minimum Gasteiger partial charge on any atom is -0.345 e. The van der Waals surface area contributed by atoms with Gasteiger partial charge in [0.15, 0.2) is 0 Å². The Balaban J connectivity index is 1.71. The molecule has 1 atom stereocenters. The summed E-state index contributed by atoms with van der Waals surface area (Å²) in [6.07, 6.45) is 4.90. The van der Waals surface area contributed by atoms with Gasteiger partial charge < -0.3 is 9.80 Å². The van der Waals surface area contributed by atoms with Gasteiger partial charge in [0.1, 0.15) is 0 Å². The zero-order chi connectivity index (χ0) is 16.4. The van der Waals surface area contributed by atoms with E-state index in [0.717, 1.165) is 44.2 Å². The van der Waals surface area contributed by atoms with Crippen molar-refractivity contribution in [3.63, 3.8) is 0 Å². The molecule has 1 unspecified atom stereocenters. The third-order valence-corrected chi connectivity index (χ3v) is 5.33. The summed E-state index contributed by atoms with van der Waals surface area (Å²) in [6, 6.07) is 7.94. The van der Waals surface area contributed by atoms with Crippen LogP contribution in [0.2, 0.25) is 0 Å². The second-order valence-corrected chi connectivity index (χ2v) is 7.03. The van der Waals surface area contributed by atoms with Crippen molar-refractivity contribution in [3.8, 4) is 0 Å². The van der Waals surface area contributed by atoms with Gasteiger partial charge in [-0.15, -0.1) is 0 Å². The normalized spacial score (nSPS) is 24.5. The summed E-state index contributed by atoms with van der Waals surface area (Å²) in [5.41, 5.74) is 1.68. The summed E-state index contributed by atoms with van der Waals surface area (Å²) in [6.45, 7) is 4.26. The Hall–Kier alpha value is -1.84. The standard InChI is InChI=1S/C19H26N2O2/c1-3-5-15-6-8-16(9-7-15)17(22)21-13-11-19(14-21)10-4-12-20(2)18(19)23/h6-9H,3-5,10-14H2,1-2H3. The number of aryl methyl sites for hydroxylation is 1. The Morgan fingerprint density at radius 2 is 1.91 bits per heavy atom. The van der Waals surface area contributed by atoms with E-state index in [9.17, 15) is 9.59 Å². The molecule has 3 rings (SSSR count). The lowest BCUT2D eigenvalue weighted by Gasteiger charge is -2.37. The average molecular weight is 314 g/mol. The summed E-state index contributed by atoms with van der Waals surface area (Å²) in [5, 5.41) is 0. The number of carbonyl (C=O) groups is 2. The summed E-state index contributed by atoms with van der Waals surface area (Å²) in [5.74, 6) is 0.281. The predicted molar refractivity (Wildman–Crippen MR) is 90.3 cm³/mol. The second-order valence-electron chi connectivity index (χ2n) is 7.03. The molecule has 2 heterocycles. The van der Waals surface area contributed by atoms with Crippen LogP contribution in [0, 0.1) is 5.41 Å². The summed E-state index contributed by atoms with van der Waals surface area (Å²) in [7, 11) is 1.88. The zero-order valence-corrected chi connectivity index (χ0v) is 14.2. The summed E-state index contributed by atoms with van der Waals surface area (Å²) < 4.78 is 0. The number of hydrogen-bond donors (Lipinski definition) is 0. The summed E-state index contributed by atoms with van der Waals surface area (Å²) >= 11 is 0. The quantitative estimate of drug-likeness (QED) is 0.861. The number of piperidine rings is 1. The van der Waals surface area contributed by atoms with E-state index in [2.05, 4.69) is 6.92 Å². The lowest BCUT2D eigenvalue weighted by atomic mass is 9.78. The number of benzene rings is 1. The fourth-order valence-corrected chi connectivity index (χ4v) is 3.98. The van der Waals surface area contributed by atoms with Crippen molar-refractivity contribution in [1.82, 2.24) is 9.80 Å². The van der Waals surface area contributed by atoms with Crippen molar-refractivity contribution < 1.29 is 9.59 Å². The Labute approximate surface area is 138 Å². The van der Waals surface area contributed by atoms with Crippen LogP contribution < -0.4 is 0 Å². The van der Waals surface area contributed by atoms with Crippen molar-refractivity contribution in [2.75, 3.05) is 26.7 Å². The number of amides is 2. The van der Waals surface area contributed by atoms with Crippen LogP contribution in [-0.2, 0) is 11.2 Å². The fourth-order valence-electron chi connectivity index (χ4n) is 3.98. The van der Waals surface area contributed by atoms with Crippen molar-refractivity contribution in [2.24, 2.45) is 5.41 Å². The van der Waals surface area contributed by atoms with Gasteiger partial charge in [-0.1, -0.05) is 25.5 Å². The molecular weight excluding hydrogens is 288 g/mol. The molecule has 0 N–H and O–H groups in total. The highest BCUT2D eigenvalue weighted by Gasteiger charge is 2.48. The largest absolute Gasteiger partial charge is 0.345 e. The SMILES string of the molecule is CCCc1ccc(C(=O)N2CCC3(CCCN(C)C3=O)C2)cc1. The van der Waals surface area contributed by atoms with Crippen molar-refractivity contribution in [1.29, 1.82) is 0 Å². The molecule has 2 aliphatic heterocycles. The number of likely N-dealkylation sites (tertiary alicyclic amines) is 2. The maximum Gasteiger partial charge on any atom is 0.253 e.